The minimum atomic E-state index is -3.77. The van der Waals surface area contributed by atoms with E-state index in [0.29, 0.717) is 29.2 Å². The average molecular weight is 448 g/mol. The number of hydrogen-bond donors (Lipinski definition) is 2. The maximum absolute atomic E-state index is 13.0. The van der Waals surface area contributed by atoms with Crippen molar-refractivity contribution in [2.45, 2.75) is 26.8 Å². The smallest absolute Gasteiger partial charge is 0.253 e. The highest BCUT2D eigenvalue weighted by Crippen LogP contribution is 2.25. The summed E-state index contributed by atoms with van der Waals surface area (Å²) in [6, 6.07) is 11.9. The van der Waals surface area contributed by atoms with Gasteiger partial charge in [0.05, 0.1) is 30.3 Å². The molecule has 31 heavy (non-hydrogen) atoms. The molecule has 0 bridgehead atoms. The van der Waals surface area contributed by atoms with Crippen molar-refractivity contribution in [3.63, 3.8) is 0 Å². The van der Waals surface area contributed by atoms with E-state index in [1.807, 2.05) is 13.8 Å². The fraction of sp³-hybridized carbons (Fsp3) is 0.364. The quantitative estimate of drug-likeness (QED) is 0.615. The number of rotatable bonds is 9. The third-order valence-corrected chi connectivity index (χ3v) is 5.76. The van der Waals surface area contributed by atoms with Crippen LogP contribution in [0.2, 0.25) is 0 Å². The number of anilines is 2. The molecule has 0 saturated carbocycles. The van der Waals surface area contributed by atoms with Crippen LogP contribution in [0.3, 0.4) is 0 Å². The van der Waals surface area contributed by atoms with Crippen LogP contribution < -0.4 is 19.7 Å². The minimum absolute atomic E-state index is 0.276. The molecule has 0 heterocycles. The number of carbonyl (C=O) groups excluding carboxylic acids is 2. The van der Waals surface area contributed by atoms with Crippen LogP contribution in [0.1, 0.15) is 31.1 Å². The maximum atomic E-state index is 13.0. The fourth-order valence-corrected chi connectivity index (χ4v) is 4.13. The highest BCUT2D eigenvalue weighted by Gasteiger charge is 2.29. The van der Waals surface area contributed by atoms with E-state index in [-0.39, 0.29) is 11.8 Å². The van der Waals surface area contributed by atoms with E-state index in [2.05, 4.69) is 10.6 Å². The normalized spacial score (nSPS) is 12.2. The summed E-state index contributed by atoms with van der Waals surface area (Å²) in [5.41, 5.74) is 0.941. The van der Waals surface area contributed by atoms with Gasteiger partial charge >= 0.3 is 0 Å². The molecule has 0 fully saturated rings. The summed E-state index contributed by atoms with van der Waals surface area (Å²) in [4.78, 5) is 25.5. The van der Waals surface area contributed by atoms with Gasteiger partial charge in [-0.25, -0.2) is 8.42 Å². The topological polar surface area (TPSA) is 105 Å². The Balaban J connectivity index is 2.28. The van der Waals surface area contributed by atoms with Gasteiger partial charge in [0, 0.05) is 6.54 Å². The van der Waals surface area contributed by atoms with Gasteiger partial charge in [-0.2, -0.15) is 0 Å². The molecule has 8 nitrogen and oxygen atoms in total. The molecule has 0 aromatic heterocycles. The van der Waals surface area contributed by atoms with Gasteiger partial charge in [0.2, 0.25) is 15.9 Å². The molecule has 0 aliphatic rings. The van der Waals surface area contributed by atoms with Crippen LogP contribution in [0.5, 0.6) is 5.75 Å². The summed E-state index contributed by atoms with van der Waals surface area (Å²) < 4.78 is 31.1. The molecule has 0 aliphatic carbocycles. The number of nitrogens with zero attached hydrogens (tertiary/aromatic N) is 1. The first-order valence-corrected chi connectivity index (χ1v) is 11.7. The van der Waals surface area contributed by atoms with Crippen LogP contribution in [0.4, 0.5) is 11.4 Å². The van der Waals surface area contributed by atoms with Gasteiger partial charge in [-0.15, -0.1) is 0 Å². The maximum Gasteiger partial charge on any atom is 0.253 e. The lowest BCUT2D eigenvalue weighted by atomic mass is 10.1. The van der Waals surface area contributed by atoms with Gasteiger partial charge in [-0.1, -0.05) is 26.0 Å². The zero-order valence-corrected chi connectivity index (χ0v) is 19.2. The zero-order chi connectivity index (χ0) is 23.2. The van der Waals surface area contributed by atoms with Crippen LogP contribution in [0.15, 0.2) is 48.5 Å². The predicted octanol–water partition coefficient (Wildman–Crippen LogP) is 2.87. The zero-order valence-electron chi connectivity index (χ0n) is 18.4. The van der Waals surface area contributed by atoms with Gasteiger partial charge < -0.3 is 15.4 Å². The monoisotopic (exact) mass is 447 g/mol. The Kier molecular flexibility index (Phi) is 8.04. The summed E-state index contributed by atoms with van der Waals surface area (Å²) in [6.07, 6.45) is 1.04. The molecule has 0 spiro atoms. The summed E-state index contributed by atoms with van der Waals surface area (Å²) in [5.74, 6) is -0.0353. The van der Waals surface area contributed by atoms with Crippen molar-refractivity contribution in [1.82, 2.24) is 5.32 Å². The van der Waals surface area contributed by atoms with Gasteiger partial charge in [-0.05, 0) is 49.2 Å². The standard InChI is InChI=1S/C22H29N3O5S/c1-15(2)14-23-22(27)19-8-6-7-9-20(19)24-21(26)16(3)25(31(5,28)29)17-10-12-18(30-4)13-11-17/h6-13,15-16H,14H2,1-5H3,(H,23,27)(H,24,26)/t16-/m0/s1. The van der Waals surface area contributed by atoms with E-state index < -0.39 is 22.0 Å². The van der Waals surface area contributed by atoms with Crippen LogP contribution in [0, 0.1) is 5.92 Å². The van der Waals surface area contributed by atoms with Gasteiger partial charge in [0.15, 0.2) is 0 Å². The first-order chi connectivity index (χ1) is 14.5. The molecule has 1 atom stereocenters. The number of ether oxygens (including phenoxy) is 1. The summed E-state index contributed by atoms with van der Waals surface area (Å²) in [7, 11) is -2.26. The van der Waals surface area contributed by atoms with E-state index in [9.17, 15) is 18.0 Å². The Labute approximate surface area is 183 Å². The van der Waals surface area contributed by atoms with Crippen LogP contribution in [0.25, 0.3) is 0 Å². The predicted molar refractivity (Wildman–Crippen MR) is 122 cm³/mol. The fourth-order valence-electron chi connectivity index (χ4n) is 2.96. The Hall–Kier alpha value is -3.07. The van der Waals surface area contributed by atoms with Crippen LogP contribution in [-0.2, 0) is 14.8 Å². The molecule has 2 amide bonds. The van der Waals surface area contributed by atoms with E-state index >= 15 is 0 Å². The Morgan fingerprint density at radius 3 is 2.19 bits per heavy atom. The van der Waals surface area contributed by atoms with Gasteiger partial charge in [0.25, 0.3) is 5.91 Å². The van der Waals surface area contributed by atoms with Gasteiger partial charge in [-0.3, -0.25) is 13.9 Å². The second-order valence-electron chi connectivity index (χ2n) is 7.57. The molecule has 2 aromatic carbocycles. The molecule has 0 aliphatic heterocycles. The van der Waals surface area contributed by atoms with E-state index in [0.717, 1.165) is 10.6 Å². The molecule has 2 N–H and O–H groups in total. The number of sulfonamides is 1. The summed E-state index contributed by atoms with van der Waals surface area (Å²) >= 11 is 0. The Morgan fingerprint density at radius 1 is 1.03 bits per heavy atom. The Bertz CT molecular complexity index is 1020. The summed E-state index contributed by atoms with van der Waals surface area (Å²) in [6.45, 7) is 5.95. The lowest BCUT2D eigenvalue weighted by Crippen LogP contribution is -2.45. The first-order valence-electron chi connectivity index (χ1n) is 9.86. The molecule has 0 saturated heterocycles. The number of methoxy groups -OCH3 is 1. The third kappa shape index (κ3) is 6.45. The SMILES string of the molecule is COc1ccc(N([C@@H](C)C(=O)Nc2ccccc2C(=O)NCC(C)C)S(C)(=O)=O)cc1. The largest absolute Gasteiger partial charge is 0.497 e. The van der Waals surface area contributed by atoms with Crippen molar-refractivity contribution in [2.75, 3.05) is 29.5 Å². The molecule has 0 radical (unpaired) electrons. The van der Waals surface area contributed by atoms with Crippen molar-refractivity contribution in [2.24, 2.45) is 5.92 Å². The third-order valence-electron chi connectivity index (χ3n) is 4.52. The highest BCUT2D eigenvalue weighted by atomic mass is 32.2. The average Bonchev–Trinajstić information content (AvgIpc) is 2.72. The number of benzene rings is 2. The first kappa shape index (κ1) is 24.2. The molecule has 2 aromatic rings. The highest BCUT2D eigenvalue weighted by molar-refractivity contribution is 7.92. The number of nitrogens with one attached hydrogen (secondary N) is 2. The number of carbonyl (C=O) groups is 2. The van der Waals surface area contributed by atoms with Crippen molar-refractivity contribution in [1.29, 1.82) is 0 Å². The van der Waals surface area contributed by atoms with E-state index in [4.69, 9.17) is 4.74 Å². The van der Waals surface area contributed by atoms with Crippen LogP contribution >= 0.6 is 0 Å². The lowest BCUT2D eigenvalue weighted by Gasteiger charge is -2.28. The molecule has 9 heteroatoms. The molecule has 168 valence electrons. The molecule has 2 rings (SSSR count). The van der Waals surface area contributed by atoms with Crippen LogP contribution in [-0.4, -0.2) is 46.2 Å². The number of para-hydroxylation sites is 1. The van der Waals surface area contributed by atoms with Crippen molar-refractivity contribution in [3.05, 3.63) is 54.1 Å². The van der Waals surface area contributed by atoms with Crippen molar-refractivity contribution < 1.29 is 22.7 Å². The summed E-state index contributed by atoms with van der Waals surface area (Å²) in [5, 5.41) is 5.51. The second-order valence-corrected chi connectivity index (χ2v) is 9.43. The molecule has 0 unspecified atom stereocenters. The number of hydrogen-bond acceptors (Lipinski definition) is 5. The van der Waals surface area contributed by atoms with Crippen molar-refractivity contribution >= 4 is 33.2 Å². The molecular weight excluding hydrogens is 418 g/mol. The van der Waals surface area contributed by atoms with Crippen molar-refractivity contribution in [3.8, 4) is 5.75 Å². The van der Waals surface area contributed by atoms with Gasteiger partial charge in [0.1, 0.15) is 11.8 Å². The molecular formula is C22H29N3O5S. The number of amides is 2. The van der Waals surface area contributed by atoms with E-state index in [1.54, 1.807) is 48.5 Å². The Morgan fingerprint density at radius 2 is 1.65 bits per heavy atom. The second kappa shape index (κ2) is 10.3. The lowest BCUT2D eigenvalue weighted by molar-refractivity contribution is -0.116. The van der Waals surface area contributed by atoms with E-state index in [1.165, 1.54) is 14.0 Å². The minimum Gasteiger partial charge on any atom is -0.497 e.